The van der Waals surface area contributed by atoms with E-state index in [-0.39, 0.29) is 18.1 Å². The lowest BCUT2D eigenvalue weighted by Crippen LogP contribution is -2.55. The molecule has 0 aliphatic carbocycles. The lowest BCUT2D eigenvalue weighted by Gasteiger charge is -2.38. The lowest BCUT2D eigenvalue weighted by molar-refractivity contribution is -0.164. The van der Waals surface area contributed by atoms with Crippen molar-refractivity contribution in [1.29, 1.82) is 0 Å². The molecule has 130 valence electrons. The van der Waals surface area contributed by atoms with Crippen LogP contribution in [0.5, 0.6) is 5.75 Å². The number of oxime groups is 1. The number of carbonyl (C=O) groups is 1. The maximum Gasteiger partial charge on any atom is 0.269 e. The minimum atomic E-state index is -0.952. The number of morpholine rings is 1. The van der Waals surface area contributed by atoms with Gasteiger partial charge in [0.15, 0.2) is 0 Å². The van der Waals surface area contributed by atoms with Crippen molar-refractivity contribution >= 4 is 11.6 Å². The van der Waals surface area contributed by atoms with Crippen molar-refractivity contribution in [3.05, 3.63) is 29.8 Å². The Hall–Kier alpha value is -2.08. The van der Waals surface area contributed by atoms with Crippen LogP contribution in [0.4, 0.5) is 0 Å². The fraction of sp³-hybridized carbons (Fsp3) is 0.556. The van der Waals surface area contributed by atoms with Gasteiger partial charge in [-0.1, -0.05) is 5.16 Å². The summed E-state index contributed by atoms with van der Waals surface area (Å²) in [5.41, 5.74) is 0.769. The van der Waals surface area contributed by atoms with E-state index in [1.54, 1.807) is 14.0 Å². The summed E-state index contributed by atoms with van der Waals surface area (Å²) in [6.07, 6.45) is 0.521. The SMILES string of the molecule is COc1ccc(C2=NO[C@](C)(C(=O)N3C[C@H](C)O[C@@H](C)C3)C2)cc1. The third kappa shape index (κ3) is 3.24. The maximum atomic E-state index is 12.9. The smallest absolute Gasteiger partial charge is 0.269 e. The van der Waals surface area contributed by atoms with Crippen LogP contribution in [0.25, 0.3) is 0 Å². The zero-order valence-corrected chi connectivity index (χ0v) is 14.6. The molecule has 0 saturated carbocycles. The first-order chi connectivity index (χ1) is 11.4. The topological polar surface area (TPSA) is 60.4 Å². The Morgan fingerprint density at radius 1 is 1.25 bits per heavy atom. The van der Waals surface area contributed by atoms with Crippen LogP contribution in [0.15, 0.2) is 29.4 Å². The van der Waals surface area contributed by atoms with Crippen molar-refractivity contribution in [2.45, 2.75) is 45.0 Å². The Labute approximate surface area is 142 Å². The Balaban J connectivity index is 1.70. The average molecular weight is 332 g/mol. The van der Waals surface area contributed by atoms with Gasteiger partial charge >= 0.3 is 0 Å². The molecule has 0 N–H and O–H groups in total. The second-order valence-corrected chi connectivity index (χ2v) is 6.73. The van der Waals surface area contributed by atoms with Crippen LogP contribution in [0.3, 0.4) is 0 Å². The molecule has 1 aromatic rings. The number of ether oxygens (including phenoxy) is 2. The van der Waals surface area contributed by atoms with Crippen LogP contribution in [0.1, 0.15) is 32.8 Å². The van der Waals surface area contributed by atoms with Gasteiger partial charge in [0.25, 0.3) is 5.91 Å². The fourth-order valence-electron chi connectivity index (χ4n) is 3.27. The van der Waals surface area contributed by atoms with Gasteiger partial charge in [0.1, 0.15) is 5.75 Å². The molecule has 3 rings (SSSR count). The zero-order valence-electron chi connectivity index (χ0n) is 14.6. The highest BCUT2D eigenvalue weighted by Gasteiger charge is 2.46. The van der Waals surface area contributed by atoms with Crippen molar-refractivity contribution < 1.29 is 19.1 Å². The molecule has 1 aromatic carbocycles. The van der Waals surface area contributed by atoms with Gasteiger partial charge in [0, 0.05) is 19.5 Å². The first kappa shape index (κ1) is 16.8. The normalized spacial score (nSPS) is 29.8. The molecule has 0 aromatic heterocycles. The molecule has 1 fully saturated rings. The van der Waals surface area contributed by atoms with Gasteiger partial charge in [0.05, 0.1) is 25.0 Å². The number of benzene rings is 1. The van der Waals surface area contributed by atoms with E-state index in [0.717, 1.165) is 17.0 Å². The molecular formula is C18H24N2O4. The van der Waals surface area contributed by atoms with Gasteiger partial charge in [-0.05, 0) is 50.6 Å². The summed E-state index contributed by atoms with van der Waals surface area (Å²) in [5.74, 6) is 0.755. The molecule has 1 saturated heterocycles. The number of nitrogens with zero attached hydrogens (tertiary/aromatic N) is 2. The molecule has 3 atom stereocenters. The summed E-state index contributed by atoms with van der Waals surface area (Å²) in [6, 6.07) is 7.60. The van der Waals surface area contributed by atoms with Crippen molar-refractivity contribution in [3.63, 3.8) is 0 Å². The predicted octanol–water partition coefficient (Wildman–Crippen LogP) is 2.21. The molecule has 2 aliphatic heterocycles. The number of rotatable bonds is 3. The molecule has 0 bridgehead atoms. The minimum absolute atomic E-state index is 0.0308. The third-order valence-corrected chi connectivity index (χ3v) is 4.44. The first-order valence-corrected chi connectivity index (χ1v) is 8.25. The first-order valence-electron chi connectivity index (χ1n) is 8.25. The molecular weight excluding hydrogens is 308 g/mol. The predicted molar refractivity (Wildman–Crippen MR) is 90.2 cm³/mol. The average Bonchev–Trinajstić information content (AvgIpc) is 2.97. The van der Waals surface area contributed by atoms with Crippen molar-refractivity contribution in [2.24, 2.45) is 5.16 Å². The van der Waals surface area contributed by atoms with Gasteiger partial charge < -0.3 is 19.2 Å². The second-order valence-electron chi connectivity index (χ2n) is 6.73. The Morgan fingerprint density at radius 2 is 1.88 bits per heavy atom. The summed E-state index contributed by atoms with van der Waals surface area (Å²) in [5, 5.41) is 4.17. The molecule has 1 amide bonds. The van der Waals surface area contributed by atoms with E-state index in [2.05, 4.69) is 5.16 Å². The van der Waals surface area contributed by atoms with Crippen LogP contribution in [0, 0.1) is 0 Å². The number of methoxy groups -OCH3 is 1. The van der Waals surface area contributed by atoms with Gasteiger partial charge in [0.2, 0.25) is 5.60 Å². The Morgan fingerprint density at radius 3 is 2.46 bits per heavy atom. The Bertz CT molecular complexity index is 633. The molecule has 0 radical (unpaired) electrons. The van der Waals surface area contributed by atoms with E-state index in [1.165, 1.54) is 0 Å². The van der Waals surface area contributed by atoms with E-state index in [0.29, 0.717) is 19.5 Å². The van der Waals surface area contributed by atoms with E-state index in [1.807, 2.05) is 43.0 Å². The summed E-state index contributed by atoms with van der Waals surface area (Å²) < 4.78 is 10.9. The van der Waals surface area contributed by atoms with Crippen LogP contribution >= 0.6 is 0 Å². The lowest BCUT2D eigenvalue weighted by atomic mass is 9.94. The maximum absolute atomic E-state index is 12.9. The molecule has 2 heterocycles. The summed E-state index contributed by atoms with van der Waals surface area (Å²) in [6.45, 7) is 6.93. The van der Waals surface area contributed by atoms with E-state index < -0.39 is 5.60 Å². The minimum Gasteiger partial charge on any atom is -0.497 e. The highest BCUT2D eigenvalue weighted by molar-refractivity contribution is 6.05. The van der Waals surface area contributed by atoms with Crippen LogP contribution in [-0.4, -0.2) is 54.5 Å². The summed E-state index contributed by atoms with van der Waals surface area (Å²) >= 11 is 0. The molecule has 2 aliphatic rings. The highest BCUT2D eigenvalue weighted by atomic mass is 16.7. The standard InChI is InChI=1S/C18H24N2O4/c1-12-10-20(11-13(2)23-12)17(21)18(3)9-16(19-24-18)14-5-7-15(22-4)8-6-14/h5-8,12-13H,9-11H2,1-4H3/t12-,13-,18-/m0/s1. The molecule has 0 spiro atoms. The molecule has 6 heteroatoms. The highest BCUT2D eigenvalue weighted by Crippen LogP contribution is 2.30. The van der Waals surface area contributed by atoms with Crippen LogP contribution in [-0.2, 0) is 14.4 Å². The molecule has 0 unspecified atom stereocenters. The fourth-order valence-corrected chi connectivity index (χ4v) is 3.27. The number of carbonyl (C=O) groups excluding carboxylic acids is 1. The van der Waals surface area contributed by atoms with Crippen LogP contribution in [0.2, 0.25) is 0 Å². The van der Waals surface area contributed by atoms with Crippen LogP contribution < -0.4 is 4.74 Å². The quantitative estimate of drug-likeness (QED) is 0.851. The third-order valence-electron chi connectivity index (χ3n) is 4.44. The van der Waals surface area contributed by atoms with Gasteiger partial charge in [-0.25, -0.2) is 0 Å². The van der Waals surface area contributed by atoms with E-state index in [9.17, 15) is 4.79 Å². The van der Waals surface area contributed by atoms with Crippen molar-refractivity contribution in [3.8, 4) is 5.75 Å². The molecule has 6 nitrogen and oxygen atoms in total. The van der Waals surface area contributed by atoms with E-state index >= 15 is 0 Å². The number of hydrogen-bond acceptors (Lipinski definition) is 5. The monoisotopic (exact) mass is 332 g/mol. The molecule has 24 heavy (non-hydrogen) atoms. The van der Waals surface area contributed by atoms with Crippen molar-refractivity contribution in [1.82, 2.24) is 4.90 Å². The van der Waals surface area contributed by atoms with Gasteiger partial charge in [-0.2, -0.15) is 0 Å². The summed E-state index contributed by atoms with van der Waals surface area (Å²) in [4.78, 5) is 20.3. The zero-order chi connectivity index (χ0) is 17.3. The van der Waals surface area contributed by atoms with Gasteiger partial charge in [-0.3, -0.25) is 4.79 Å². The second kappa shape index (κ2) is 6.43. The summed E-state index contributed by atoms with van der Waals surface area (Å²) in [7, 11) is 1.63. The number of hydrogen-bond donors (Lipinski definition) is 0. The van der Waals surface area contributed by atoms with E-state index in [4.69, 9.17) is 14.3 Å². The Kier molecular flexibility index (Phi) is 4.49. The number of amides is 1. The largest absolute Gasteiger partial charge is 0.497 e. The van der Waals surface area contributed by atoms with Gasteiger partial charge in [-0.15, -0.1) is 0 Å². The van der Waals surface area contributed by atoms with Crippen molar-refractivity contribution in [2.75, 3.05) is 20.2 Å².